The van der Waals surface area contributed by atoms with Gasteiger partial charge in [0, 0.05) is 19.9 Å². The van der Waals surface area contributed by atoms with Gasteiger partial charge >= 0.3 is 5.97 Å². The van der Waals surface area contributed by atoms with E-state index in [1.807, 2.05) is 34.7 Å². The number of carbonyl (C=O) groups is 1. The monoisotopic (exact) mass is 263 g/mol. The van der Waals surface area contributed by atoms with E-state index in [2.05, 4.69) is 4.98 Å². The molecule has 0 saturated carbocycles. The van der Waals surface area contributed by atoms with Gasteiger partial charge in [-0.3, -0.25) is 4.90 Å². The van der Waals surface area contributed by atoms with Crippen LogP contribution in [0.3, 0.4) is 0 Å². The Morgan fingerprint density at radius 1 is 1.53 bits per heavy atom. The van der Waals surface area contributed by atoms with Gasteiger partial charge < -0.3 is 14.2 Å². The molecular formula is C13H17N3O3. The van der Waals surface area contributed by atoms with E-state index in [0.717, 1.165) is 6.54 Å². The average molecular weight is 263 g/mol. The number of aromatic carboxylic acids is 1. The molecule has 2 heterocycles. The van der Waals surface area contributed by atoms with Crippen molar-refractivity contribution in [1.82, 2.24) is 14.3 Å². The molecule has 6 nitrogen and oxygen atoms in total. The number of fused-ring (bicyclic) bond motifs is 1. The van der Waals surface area contributed by atoms with E-state index >= 15 is 0 Å². The Morgan fingerprint density at radius 2 is 2.32 bits per heavy atom. The Hall–Kier alpha value is -1.92. The van der Waals surface area contributed by atoms with Gasteiger partial charge in [-0.25, -0.2) is 9.78 Å². The van der Waals surface area contributed by atoms with Crippen molar-refractivity contribution in [3.05, 3.63) is 35.9 Å². The van der Waals surface area contributed by atoms with Crippen LogP contribution in [0.4, 0.5) is 0 Å². The molecule has 0 saturated heterocycles. The summed E-state index contributed by atoms with van der Waals surface area (Å²) in [6, 6.07) is 5.43. The maximum Gasteiger partial charge on any atom is 0.356 e. The molecule has 2 aromatic rings. The zero-order valence-corrected chi connectivity index (χ0v) is 11.0. The summed E-state index contributed by atoms with van der Waals surface area (Å²) in [7, 11) is 3.60. The summed E-state index contributed by atoms with van der Waals surface area (Å²) >= 11 is 0. The topological polar surface area (TPSA) is 67.1 Å². The predicted octanol–water partition coefficient (Wildman–Crippen LogP) is 1.11. The second-order valence-corrected chi connectivity index (χ2v) is 4.37. The Morgan fingerprint density at radius 3 is 3.00 bits per heavy atom. The molecule has 0 unspecified atom stereocenters. The number of hydrogen-bond acceptors (Lipinski definition) is 4. The SMILES string of the molecule is COCCN(C)Cc1nc(C(=O)O)c2ccccn12. The van der Waals surface area contributed by atoms with Crippen LogP contribution in [0, 0.1) is 0 Å². The summed E-state index contributed by atoms with van der Waals surface area (Å²) in [4.78, 5) is 17.4. The molecule has 0 aromatic carbocycles. The van der Waals surface area contributed by atoms with Crippen LogP contribution in [-0.4, -0.2) is 52.7 Å². The zero-order valence-electron chi connectivity index (χ0n) is 11.0. The van der Waals surface area contributed by atoms with Crippen LogP contribution in [0.2, 0.25) is 0 Å². The fourth-order valence-corrected chi connectivity index (χ4v) is 1.94. The van der Waals surface area contributed by atoms with E-state index < -0.39 is 5.97 Å². The van der Waals surface area contributed by atoms with E-state index in [1.165, 1.54) is 0 Å². The minimum atomic E-state index is -1.01. The number of likely N-dealkylation sites (N-methyl/N-ethyl adjacent to an activating group) is 1. The second kappa shape index (κ2) is 5.81. The van der Waals surface area contributed by atoms with Crippen LogP contribution in [-0.2, 0) is 11.3 Å². The third kappa shape index (κ3) is 2.91. The van der Waals surface area contributed by atoms with Gasteiger partial charge in [-0.15, -0.1) is 0 Å². The van der Waals surface area contributed by atoms with Crippen LogP contribution >= 0.6 is 0 Å². The first-order chi connectivity index (χ1) is 9.13. The summed E-state index contributed by atoms with van der Waals surface area (Å²) < 4.78 is 6.83. The minimum Gasteiger partial charge on any atom is -0.476 e. The van der Waals surface area contributed by atoms with Gasteiger partial charge in [0.2, 0.25) is 0 Å². The molecule has 0 amide bonds. The highest BCUT2D eigenvalue weighted by molar-refractivity contribution is 5.93. The zero-order chi connectivity index (χ0) is 13.8. The Bertz CT molecular complexity index is 580. The molecular weight excluding hydrogens is 246 g/mol. The van der Waals surface area contributed by atoms with E-state index in [1.54, 1.807) is 13.2 Å². The highest BCUT2D eigenvalue weighted by Crippen LogP contribution is 2.14. The van der Waals surface area contributed by atoms with Gasteiger partial charge in [0.15, 0.2) is 5.69 Å². The molecule has 0 aliphatic rings. The fraction of sp³-hybridized carbons (Fsp3) is 0.385. The molecule has 2 aromatic heterocycles. The molecule has 0 spiro atoms. The first-order valence-electron chi connectivity index (χ1n) is 6.00. The number of pyridine rings is 1. The van der Waals surface area contributed by atoms with Gasteiger partial charge in [0.1, 0.15) is 5.82 Å². The Kier molecular flexibility index (Phi) is 4.13. The van der Waals surface area contributed by atoms with Gasteiger partial charge in [-0.2, -0.15) is 0 Å². The third-order valence-electron chi connectivity index (χ3n) is 2.91. The number of carboxylic acids is 1. The molecule has 1 N–H and O–H groups in total. The smallest absolute Gasteiger partial charge is 0.356 e. The number of aromatic nitrogens is 2. The Balaban J connectivity index is 2.30. The van der Waals surface area contributed by atoms with Crippen molar-refractivity contribution in [2.24, 2.45) is 0 Å². The molecule has 102 valence electrons. The van der Waals surface area contributed by atoms with Crippen LogP contribution in [0.1, 0.15) is 16.3 Å². The molecule has 0 bridgehead atoms. The minimum absolute atomic E-state index is 0.0933. The average Bonchev–Trinajstić information content (AvgIpc) is 2.76. The normalized spacial score (nSPS) is 11.3. The fourth-order valence-electron chi connectivity index (χ4n) is 1.94. The lowest BCUT2D eigenvalue weighted by molar-refractivity contribution is 0.0693. The van der Waals surface area contributed by atoms with Gasteiger partial charge in [-0.1, -0.05) is 6.07 Å². The summed E-state index contributed by atoms with van der Waals surface area (Å²) in [5.41, 5.74) is 0.709. The highest BCUT2D eigenvalue weighted by Gasteiger charge is 2.16. The lowest BCUT2D eigenvalue weighted by atomic mass is 10.3. The van der Waals surface area contributed by atoms with E-state index in [0.29, 0.717) is 24.5 Å². The highest BCUT2D eigenvalue weighted by atomic mass is 16.5. The number of hydrogen-bond donors (Lipinski definition) is 1. The van der Waals surface area contributed by atoms with Crippen LogP contribution < -0.4 is 0 Å². The number of ether oxygens (including phenoxy) is 1. The molecule has 2 rings (SSSR count). The van der Waals surface area contributed by atoms with Crippen LogP contribution in [0.25, 0.3) is 5.52 Å². The second-order valence-electron chi connectivity index (χ2n) is 4.37. The predicted molar refractivity (Wildman–Crippen MR) is 70.4 cm³/mol. The number of rotatable bonds is 6. The van der Waals surface area contributed by atoms with Crippen molar-refractivity contribution in [1.29, 1.82) is 0 Å². The standard InChI is InChI=1S/C13H17N3O3/c1-15(7-8-19-2)9-11-14-12(13(17)18)10-5-3-4-6-16(10)11/h3-6H,7-9H2,1-2H3,(H,17,18). The first kappa shape index (κ1) is 13.5. The van der Waals surface area contributed by atoms with E-state index in [-0.39, 0.29) is 5.69 Å². The molecule has 19 heavy (non-hydrogen) atoms. The number of imidazole rings is 1. The maximum atomic E-state index is 11.2. The van der Waals surface area contributed by atoms with Crippen molar-refractivity contribution < 1.29 is 14.6 Å². The van der Waals surface area contributed by atoms with Crippen molar-refractivity contribution in [3.63, 3.8) is 0 Å². The number of carboxylic acid groups (broad SMARTS) is 1. The van der Waals surface area contributed by atoms with Crippen molar-refractivity contribution in [3.8, 4) is 0 Å². The molecule has 0 aliphatic carbocycles. The van der Waals surface area contributed by atoms with E-state index in [4.69, 9.17) is 9.84 Å². The molecule has 6 heteroatoms. The largest absolute Gasteiger partial charge is 0.476 e. The number of methoxy groups -OCH3 is 1. The summed E-state index contributed by atoms with van der Waals surface area (Å²) in [6.07, 6.45) is 1.83. The lowest BCUT2D eigenvalue weighted by Crippen LogP contribution is -2.23. The van der Waals surface area contributed by atoms with Crippen molar-refractivity contribution >= 4 is 11.5 Å². The Labute approximate surface area is 111 Å². The summed E-state index contributed by atoms with van der Waals surface area (Å²) in [5, 5.41) is 9.16. The van der Waals surface area contributed by atoms with Gasteiger partial charge in [-0.05, 0) is 19.2 Å². The molecule has 0 atom stereocenters. The summed E-state index contributed by atoms with van der Waals surface area (Å²) in [5.74, 6) is -0.291. The van der Waals surface area contributed by atoms with Gasteiger partial charge in [0.05, 0.1) is 18.7 Å². The van der Waals surface area contributed by atoms with Crippen LogP contribution in [0.15, 0.2) is 24.4 Å². The summed E-state index contributed by atoms with van der Waals surface area (Å²) in [6.45, 7) is 1.97. The third-order valence-corrected chi connectivity index (χ3v) is 2.91. The van der Waals surface area contributed by atoms with Crippen molar-refractivity contribution in [2.45, 2.75) is 6.54 Å². The first-order valence-corrected chi connectivity index (χ1v) is 6.00. The quantitative estimate of drug-likeness (QED) is 0.845. The van der Waals surface area contributed by atoms with E-state index in [9.17, 15) is 4.79 Å². The lowest BCUT2D eigenvalue weighted by Gasteiger charge is -2.14. The number of nitrogens with zero attached hydrogens (tertiary/aromatic N) is 3. The molecule has 0 fully saturated rings. The maximum absolute atomic E-state index is 11.2. The van der Waals surface area contributed by atoms with Crippen molar-refractivity contribution in [2.75, 3.05) is 27.3 Å². The molecule has 0 aliphatic heterocycles. The molecule has 0 radical (unpaired) electrons. The van der Waals surface area contributed by atoms with Gasteiger partial charge in [0.25, 0.3) is 0 Å². The van der Waals surface area contributed by atoms with Crippen LogP contribution in [0.5, 0.6) is 0 Å².